The summed E-state index contributed by atoms with van der Waals surface area (Å²) in [5.41, 5.74) is 0.120. The molecule has 12 nitrogen and oxygen atoms in total. The molecule has 37 heavy (non-hydrogen) atoms. The number of methoxy groups -OCH3 is 1. The summed E-state index contributed by atoms with van der Waals surface area (Å²) in [6.45, 7) is 3.21. The van der Waals surface area contributed by atoms with Crippen LogP contribution in [0.1, 0.15) is 36.0 Å². The SMILES string of the molecule is COCCOCCOCC(COC(=O)c1ccc([N+](=O)[O-])cc1)NCCCCCCN1C(=O)C=CC1=O. The lowest BCUT2D eigenvalue weighted by atomic mass is 10.2. The molecule has 204 valence electrons. The predicted octanol–water partition coefficient (Wildman–Crippen LogP) is 1.87. The molecule has 0 fully saturated rings. The molecule has 1 aliphatic rings. The van der Waals surface area contributed by atoms with Gasteiger partial charge in [0.25, 0.3) is 17.5 Å². The molecular formula is C25H35N3O9. The number of nitro benzene ring substituents is 1. The maximum Gasteiger partial charge on any atom is 0.338 e. The quantitative estimate of drug-likeness (QED) is 0.0887. The molecular weight excluding hydrogens is 486 g/mol. The van der Waals surface area contributed by atoms with E-state index in [0.717, 1.165) is 25.7 Å². The zero-order chi connectivity index (χ0) is 26.9. The summed E-state index contributed by atoms with van der Waals surface area (Å²) < 4.78 is 21.3. The maximum atomic E-state index is 12.4. The number of imide groups is 1. The minimum atomic E-state index is -0.579. The number of ether oxygens (including phenoxy) is 4. The van der Waals surface area contributed by atoms with Gasteiger partial charge in [0.05, 0.1) is 49.6 Å². The Bertz CT molecular complexity index is 887. The van der Waals surface area contributed by atoms with Gasteiger partial charge in [-0.3, -0.25) is 24.6 Å². The molecule has 1 aromatic carbocycles. The van der Waals surface area contributed by atoms with Crippen molar-refractivity contribution in [3.8, 4) is 0 Å². The van der Waals surface area contributed by atoms with Crippen LogP contribution in [0.4, 0.5) is 5.69 Å². The topological polar surface area (TPSA) is 147 Å². The van der Waals surface area contributed by atoms with E-state index in [1.165, 1.54) is 41.3 Å². The lowest BCUT2D eigenvalue weighted by molar-refractivity contribution is -0.384. The summed E-state index contributed by atoms with van der Waals surface area (Å²) in [5, 5.41) is 14.1. The number of carbonyl (C=O) groups is 3. The van der Waals surface area contributed by atoms with Crippen LogP contribution in [-0.2, 0) is 28.5 Å². The predicted molar refractivity (Wildman–Crippen MR) is 133 cm³/mol. The van der Waals surface area contributed by atoms with Gasteiger partial charge in [-0.15, -0.1) is 0 Å². The van der Waals surface area contributed by atoms with Crippen molar-refractivity contribution in [2.24, 2.45) is 0 Å². The molecule has 1 unspecified atom stereocenters. The van der Waals surface area contributed by atoms with Gasteiger partial charge in [-0.2, -0.15) is 0 Å². The van der Waals surface area contributed by atoms with Gasteiger partial charge in [0.1, 0.15) is 6.61 Å². The number of hydrogen-bond acceptors (Lipinski definition) is 10. The third-order valence-electron chi connectivity index (χ3n) is 5.49. The number of benzene rings is 1. The number of unbranched alkanes of at least 4 members (excludes halogenated alkanes) is 3. The molecule has 2 amide bonds. The second kappa shape index (κ2) is 17.3. The van der Waals surface area contributed by atoms with E-state index in [2.05, 4.69) is 5.32 Å². The van der Waals surface area contributed by atoms with Crippen molar-refractivity contribution in [3.05, 3.63) is 52.1 Å². The van der Waals surface area contributed by atoms with E-state index >= 15 is 0 Å². The van der Waals surface area contributed by atoms with Crippen LogP contribution in [0.3, 0.4) is 0 Å². The molecule has 0 saturated heterocycles. The highest BCUT2D eigenvalue weighted by atomic mass is 16.6. The fraction of sp³-hybridized carbons (Fsp3) is 0.560. The van der Waals surface area contributed by atoms with Crippen LogP contribution in [0, 0.1) is 10.1 Å². The third kappa shape index (κ3) is 11.6. The molecule has 0 saturated carbocycles. The Morgan fingerprint density at radius 1 is 0.946 bits per heavy atom. The molecule has 1 aliphatic heterocycles. The van der Waals surface area contributed by atoms with Gasteiger partial charge in [-0.25, -0.2) is 4.79 Å². The Kier molecular flexibility index (Phi) is 14.0. The smallest absolute Gasteiger partial charge is 0.338 e. The summed E-state index contributed by atoms with van der Waals surface area (Å²) in [6.07, 6.45) is 5.94. The fourth-order valence-corrected chi connectivity index (χ4v) is 3.44. The van der Waals surface area contributed by atoms with Gasteiger partial charge in [0.2, 0.25) is 0 Å². The second-order valence-corrected chi connectivity index (χ2v) is 8.31. The first-order valence-corrected chi connectivity index (χ1v) is 12.2. The average Bonchev–Trinajstić information content (AvgIpc) is 3.22. The number of nitrogens with zero attached hydrogens (tertiary/aromatic N) is 2. The van der Waals surface area contributed by atoms with E-state index in [0.29, 0.717) is 46.1 Å². The van der Waals surface area contributed by atoms with E-state index in [9.17, 15) is 24.5 Å². The van der Waals surface area contributed by atoms with Crippen molar-refractivity contribution in [1.82, 2.24) is 10.2 Å². The number of hydrogen-bond donors (Lipinski definition) is 1. The highest BCUT2D eigenvalue weighted by molar-refractivity contribution is 6.12. The first-order chi connectivity index (χ1) is 17.9. The van der Waals surface area contributed by atoms with Crippen molar-refractivity contribution in [2.75, 3.05) is 59.8 Å². The van der Waals surface area contributed by atoms with E-state index < -0.39 is 10.9 Å². The number of nitro groups is 1. The van der Waals surface area contributed by atoms with E-state index in [1.54, 1.807) is 7.11 Å². The molecule has 1 atom stereocenters. The first-order valence-electron chi connectivity index (χ1n) is 12.2. The summed E-state index contributed by atoms with van der Waals surface area (Å²) >= 11 is 0. The minimum absolute atomic E-state index is 0.0620. The Morgan fingerprint density at radius 2 is 1.59 bits per heavy atom. The molecule has 0 aromatic heterocycles. The Balaban J connectivity index is 1.70. The van der Waals surface area contributed by atoms with Crippen LogP contribution >= 0.6 is 0 Å². The molecule has 0 spiro atoms. The highest BCUT2D eigenvalue weighted by Crippen LogP contribution is 2.13. The largest absolute Gasteiger partial charge is 0.460 e. The van der Waals surface area contributed by atoms with Crippen molar-refractivity contribution < 1.29 is 38.3 Å². The fourth-order valence-electron chi connectivity index (χ4n) is 3.44. The first kappa shape index (κ1) is 30.0. The van der Waals surface area contributed by atoms with E-state index in [4.69, 9.17) is 18.9 Å². The van der Waals surface area contributed by atoms with Gasteiger partial charge in [0.15, 0.2) is 0 Å². The molecule has 1 heterocycles. The van der Waals surface area contributed by atoms with Crippen molar-refractivity contribution in [1.29, 1.82) is 0 Å². The number of non-ortho nitro benzene ring substituents is 1. The monoisotopic (exact) mass is 521 g/mol. The molecule has 1 N–H and O–H groups in total. The van der Waals surface area contributed by atoms with Gasteiger partial charge >= 0.3 is 5.97 Å². The second-order valence-electron chi connectivity index (χ2n) is 8.31. The van der Waals surface area contributed by atoms with Crippen LogP contribution in [0.2, 0.25) is 0 Å². The molecule has 2 rings (SSSR count). The van der Waals surface area contributed by atoms with Crippen molar-refractivity contribution in [2.45, 2.75) is 31.7 Å². The molecule has 12 heteroatoms. The molecule has 0 bridgehead atoms. The highest BCUT2D eigenvalue weighted by Gasteiger charge is 2.22. The van der Waals surface area contributed by atoms with Crippen LogP contribution in [0.5, 0.6) is 0 Å². The van der Waals surface area contributed by atoms with Crippen LogP contribution in [-0.4, -0.2) is 93.5 Å². The number of amides is 2. The zero-order valence-electron chi connectivity index (χ0n) is 21.1. The zero-order valence-corrected chi connectivity index (χ0v) is 21.1. The normalized spacial score (nSPS) is 13.8. The van der Waals surface area contributed by atoms with E-state index in [1.807, 2.05) is 0 Å². The van der Waals surface area contributed by atoms with Gasteiger partial charge in [-0.05, 0) is 31.5 Å². The molecule has 1 aromatic rings. The lowest BCUT2D eigenvalue weighted by Crippen LogP contribution is -2.39. The Labute approximate surface area is 216 Å². The summed E-state index contributed by atoms with van der Waals surface area (Å²) in [4.78, 5) is 47.0. The third-order valence-corrected chi connectivity index (χ3v) is 5.49. The standard InChI is InChI=1S/C25H35N3O9/c1-34-14-15-35-16-17-36-18-21(19-37-25(31)20-6-8-22(9-7-20)28(32)33)26-12-4-2-3-5-13-27-23(29)10-11-24(27)30/h6-11,21,26H,2-5,12-19H2,1H3. The van der Waals surface area contributed by atoms with E-state index in [-0.39, 0.29) is 35.7 Å². The summed E-state index contributed by atoms with van der Waals surface area (Å²) in [6, 6.07) is 4.97. The van der Waals surface area contributed by atoms with Crippen molar-refractivity contribution in [3.63, 3.8) is 0 Å². The number of rotatable bonds is 20. The molecule has 0 radical (unpaired) electrons. The lowest BCUT2D eigenvalue weighted by Gasteiger charge is -2.19. The molecule has 0 aliphatic carbocycles. The van der Waals surface area contributed by atoms with Gasteiger partial charge in [-0.1, -0.05) is 12.8 Å². The summed E-state index contributed by atoms with van der Waals surface area (Å²) in [7, 11) is 1.60. The van der Waals surface area contributed by atoms with Crippen LogP contribution in [0.25, 0.3) is 0 Å². The van der Waals surface area contributed by atoms with Gasteiger partial charge in [0, 0.05) is 37.9 Å². The Morgan fingerprint density at radius 3 is 2.27 bits per heavy atom. The average molecular weight is 522 g/mol. The van der Waals surface area contributed by atoms with Crippen molar-refractivity contribution >= 4 is 23.5 Å². The van der Waals surface area contributed by atoms with Crippen LogP contribution < -0.4 is 5.32 Å². The number of carbonyl (C=O) groups excluding carboxylic acids is 3. The minimum Gasteiger partial charge on any atom is -0.460 e. The Hall–Kier alpha value is -3.19. The van der Waals surface area contributed by atoms with Gasteiger partial charge < -0.3 is 24.3 Å². The van der Waals surface area contributed by atoms with Crippen LogP contribution in [0.15, 0.2) is 36.4 Å². The number of esters is 1. The summed E-state index contributed by atoms with van der Waals surface area (Å²) in [5.74, 6) is -1.10. The maximum absolute atomic E-state index is 12.4. The number of nitrogens with one attached hydrogen (secondary N) is 1.